The van der Waals surface area contributed by atoms with Crippen LogP contribution in [-0.4, -0.2) is 18.0 Å². The number of pyridine rings is 1. The number of rotatable bonds is 5. The van der Waals surface area contributed by atoms with Gasteiger partial charge in [0.2, 0.25) is 11.8 Å². The van der Waals surface area contributed by atoms with E-state index in [1.54, 1.807) is 25.3 Å². The highest BCUT2D eigenvalue weighted by atomic mass is 35.5. The van der Waals surface area contributed by atoms with Crippen molar-refractivity contribution in [2.24, 2.45) is 0 Å². The van der Waals surface area contributed by atoms with Crippen molar-refractivity contribution in [3.05, 3.63) is 65.3 Å². The average Bonchev–Trinajstić information content (AvgIpc) is 2.64. The molecule has 130 valence electrons. The lowest BCUT2D eigenvalue weighted by Gasteiger charge is -2.31. The quantitative estimate of drug-likeness (QED) is 0.821. The number of aromatic nitrogens is 1. The number of carbonyl (C=O) groups is 1. The molecule has 2 atom stereocenters. The third kappa shape index (κ3) is 3.94. The first kappa shape index (κ1) is 17.3. The van der Waals surface area contributed by atoms with Gasteiger partial charge in [0.25, 0.3) is 0 Å². The SMILES string of the molecule is C=CC(=O)N[C@H]1CC[C@H](Oc2ccc(Cl)cc2)c2nc(OC)ccc21. The molecule has 0 saturated carbocycles. The molecule has 1 N–H and O–H groups in total. The molecule has 1 amide bonds. The summed E-state index contributed by atoms with van der Waals surface area (Å²) in [6.45, 7) is 3.50. The number of benzene rings is 1. The van der Waals surface area contributed by atoms with Crippen molar-refractivity contribution in [1.82, 2.24) is 10.3 Å². The molecule has 0 aliphatic heterocycles. The molecule has 1 heterocycles. The first-order chi connectivity index (χ1) is 12.1. The number of nitrogens with one attached hydrogen (secondary N) is 1. The lowest BCUT2D eigenvalue weighted by molar-refractivity contribution is -0.117. The number of hydrogen-bond acceptors (Lipinski definition) is 4. The van der Waals surface area contributed by atoms with Gasteiger partial charge in [-0.05, 0) is 49.2 Å². The van der Waals surface area contributed by atoms with Crippen LogP contribution in [0.3, 0.4) is 0 Å². The van der Waals surface area contributed by atoms with Crippen molar-refractivity contribution in [1.29, 1.82) is 0 Å². The maximum Gasteiger partial charge on any atom is 0.243 e. The number of hydrogen-bond donors (Lipinski definition) is 1. The highest BCUT2D eigenvalue weighted by Crippen LogP contribution is 2.38. The zero-order valence-electron chi connectivity index (χ0n) is 13.9. The van der Waals surface area contributed by atoms with Crippen molar-refractivity contribution < 1.29 is 14.3 Å². The number of halogens is 1. The van der Waals surface area contributed by atoms with Crippen molar-refractivity contribution in [2.75, 3.05) is 7.11 Å². The van der Waals surface area contributed by atoms with E-state index in [4.69, 9.17) is 21.1 Å². The number of nitrogens with zero attached hydrogens (tertiary/aromatic N) is 1. The average molecular weight is 359 g/mol. The molecule has 1 aliphatic carbocycles. The Balaban J connectivity index is 1.90. The molecule has 1 aromatic heterocycles. The molecule has 25 heavy (non-hydrogen) atoms. The van der Waals surface area contributed by atoms with Crippen LogP contribution in [0, 0.1) is 0 Å². The highest BCUT2D eigenvalue weighted by molar-refractivity contribution is 6.30. The van der Waals surface area contributed by atoms with Crippen LogP contribution in [0.2, 0.25) is 5.02 Å². The van der Waals surface area contributed by atoms with Gasteiger partial charge in [0.05, 0.1) is 18.8 Å². The van der Waals surface area contributed by atoms with Gasteiger partial charge in [0.1, 0.15) is 11.9 Å². The Morgan fingerprint density at radius 1 is 1.28 bits per heavy atom. The number of ether oxygens (including phenoxy) is 2. The molecule has 0 radical (unpaired) electrons. The van der Waals surface area contributed by atoms with Crippen LogP contribution in [0.1, 0.15) is 36.2 Å². The summed E-state index contributed by atoms with van der Waals surface area (Å²) in [6.07, 6.45) is 2.52. The van der Waals surface area contributed by atoms with E-state index in [1.807, 2.05) is 18.2 Å². The summed E-state index contributed by atoms with van der Waals surface area (Å²) < 4.78 is 11.4. The topological polar surface area (TPSA) is 60.5 Å². The second-order valence-electron chi connectivity index (χ2n) is 5.73. The van der Waals surface area contributed by atoms with E-state index in [1.165, 1.54) is 6.08 Å². The van der Waals surface area contributed by atoms with Gasteiger partial charge in [-0.15, -0.1) is 0 Å². The van der Waals surface area contributed by atoms with Crippen LogP contribution < -0.4 is 14.8 Å². The Kier molecular flexibility index (Phi) is 5.24. The largest absolute Gasteiger partial charge is 0.484 e. The predicted molar refractivity (Wildman–Crippen MR) is 95.9 cm³/mol. The maximum atomic E-state index is 11.7. The molecule has 2 aromatic rings. The van der Waals surface area contributed by atoms with Gasteiger partial charge in [-0.3, -0.25) is 4.79 Å². The van der Waals surface area contributed by atoms with Crippen LogP contribution in [0.25, 0.3) is 0 Å². The Labute approximate surface area is 151 Å². The minimum Gasteiger partial charge on any atom is -0.484 e. The molecule has 0 spiro atoms. The molecule has 3 rings (SSSR count). The maximum absolute atomic E-state index is 11.7. The molecular formula is C19H19ClN2O3. The monoisotopic (exact) mass is 358 g/mol. The molecule has 0 bridgehead atoms. The van der Waals surface area contributed by atoms with Gasteiger partial charge in [-0.1, -0.05) is 18.2 Å². The van der Waals surface area contributed by atoms with Gasteiger partial charge in [-0.2, -0.15) is 0 Å². The molecule has 1 aromatic carbocycles. The summed E-state index contributed by atoms with van der Waals surface area (Å²) in [5.74, 6) is 1.03. The Bertz CT molecular complexity index is 777. The molecule has 1 aliphatic rings. The lowest BCUT2D eigenvalue weighted by atomic mass is 9.89. The normalized spacial score (nSPS) is 18.8. The minimum atomic E-state index is -0.219. The predicted octanol–water partition coefficient (Wildman–Crippen LogP) is 4.00. The number of amides is 1. The molecule has 0 fully saturated rings. The summed E-state index contributed by atoms with van der Waals surface area (Å²) in [5, 5.41) is 3.60. The van der Waals surface area contributed by atoms with Gasteiger partial charge in [0, 0.05) is 16.7 Å². The van der Waals surface area contributed by atoms with E-state index in [2.05, 4.69) is 16.9 Å². The molecule has 0 unspecified atom stereocenters. The van der Waals surface area contributed by atoms with Crippen molar-refractivity contribution in [3.63, 3.8) is 0 Å². The Morgan fingerprint density at radius 2 is 2.04 bits per heavy atom. The van der Waals surface area contributed by atoms with E-state index >= 15 is 0 Å². The molecule has 6 heteroatoms. The number of methoxy groups -OCH3 is 1. The summed E-state index contributed by atoms with van der Waals surface area (Å²) in [5.41, 5.74) is 1.70. The fourth-order valence-corrected chi connectivity index (χ4v) is 3.04. The van der Waals surface area contributed by atoms with Crippen molar-refractivity contribution >= 4 is 17.5 Å². The smallest absolute Gasteiger partial charge is 0.243 e. The molecule has 5 nitrogen and oxygen atoms in total. The Hall–Kier alpha value is -2.53. The fraction of sp³-hybridized carbons (Fsp3) is 0.263. The van der Waals surface area contributed by atoms with Gasteiger partial charge in [-0.25, -0.2) is 4.98 Å². The summed E-state index contributed by atoms with van der Waals surface area (Å²) in [4.78, 5) is 16.3. The summed E-state index contributed by atoms with van der Waals surface area (Å²) >= 11 is 5.92. The van der Waals surface area contributed by atoms with Crippen LogP contribution >= 0.6 is 11.6 Å². The second-order valence-corrected chi connectivity index (χ2v) is 6.17. The van der Waals surface area contributed by atoms with Crippen LogP contribution in [0.5, 0.6) is 11.6 Å². The van der Waals surface area contributed by atoms with Gasteiger partial charge in [0.15, 0.2) is 0 Å². The Morgan fingerprint density at radius 3 is 2.72 bits per heavy atom. The zero-order valence-corrected chi connectivity index (χ0v) is 14.6. The van der Waals surface area contributed by atoms with Gasteiger partial charge >= 0.3 is 0 Å². The van der Waals surface area contributed by atoms with E-state index in [0.717, 1.165) is 29.8 Å². The summed E-state index contributed by atoms with van der Waals surface area (Å²) in [7, 11) is 1.57. The first-order valence-corrected chi connectivity index (χ1v) is 8.38. The van der Waals surface area contributed by atoms with Crippen LogP contribution in [0.15, 0.2) is 49.1 Å². The van der Waals surface area contributed by atoms with Crippen molar-refractivity contribution in [2.45, 2.75) is 25.0 Å². The van der Waals surface area contributed by atoms with E-state index < -0.39 is 0 Å². The van der Waals surface area contributed by atoms with E-state index in [0.29, 0.717) is 10.9 Å². The lowest BCUT2D eigenvalue weighted by Crippen LogP contribution is -2.32. The fourth-order valence-electron chi connectivity index (χ4n) is 2.92. The standard InChI is InChI=1S/C19H19ClN2O3/c1-3-17(23)21-15-9-10-16(25-13-6-4-12(20)5-7-13)19-14(15)8-11-18(22-19)24-2/h3-8,11,15-16H,1,9-10H2,2H3,(H,21,23)/t15-,16-/m0/s1. The number of fused-ring (bicyclic) bond motifs is 1. The van der Waals surface area contributed by atoms with Gasteiger partial charge < -0.3 is 14.8 Å². The summed E-state index contributed by atoms with van der Waals surface area (Å²) in [6, 6.07) is 10.8. The van der Waals surface area contributed by atoms with Crippen LogP contribution in [-0.2, 0) is 4.79 Å². The van der Waals surface area contributed by atoms with E-state index in [9.17, 15) is 4.79 Å². The minimum absolute atomic E-state index is 0.121. The molecular weight excluding hydrogens is 340 g/mol. The number of carbonyl (C=O) groups excluding carboxylic acids is 1. The second kappa shape index (κ2) is 7.57. The van der Waals surface area contributed by atoms with E-state index in [-0.39, 0.29) is 18.1 Å². The van der Waals surface area contributed by atoms with Crippen molar-refractivity contribution in [3.8, 4) is 11.6 Å². The first-order valence-electron chi connectivity index (χ1n) is 8.00. The molecule has 0 saturated heterocycles. The third-order valence-corrected chi connectivity index (χ3v) is 4.38. The zero-order chi connectivity index (χ0) is 17.8. The van der Waals surface area contributed by atoms with Crippen LogP contribution in [0.4, 0.5) is 0 Å². The highest BCUT2D eigenvalue weighted by Gasteiger charge is 2.31. The third-order valence-electron chi connectivity index (χ3n) is 4.13.